The fourth-order valence-corrected chi connectivity index (χ4v) is 7.08. The van der Waals surface area contributed by atoms with Gasteiger partial charge in [-0.2, -0.15) is 0 Å². The molecule has 0 aromatic carbocycles. The van der Waals surface area contributed by atoms with E-state index in [2.05, 4.69) is 94.9 Å². The van der Waals surface area contributed by atoms with Gasteiger partial charge in [-0.05, 0) is 113 Å². The molecule has 764 valence electrons. The van der Waals surface area contributed by atoms with E-state index in [0.717, 1.165) is 124 Å². The summed E-state index contributed by atoms with van der Waals surface area (Å²) in [4.78, 5) is 40.5. The fourth-order valence-electron chi connectivity index (χ4n) is 4.80. The van der Waals surface area contributed by atoms with Crippen LogP contribution in [0, 0.1) is 0 Å². The van der Waals surface area contributed by atoms with E-state index in [4.69, 9.17) is 4.74 Å². The van der Waals surface area contributed by atoms with Crippen molar-refractivity contribution < 1.29 is 19.1 Å². The van der Waals surface area contributed by atoms with Crippen molar-refractivity contribution in [2.75, 3.05) is 121 Å². The maximum Gasteiger partial charge on any atom is 0.169 e. The summed E-state index contributed by atoms with van der Waals surface area (Å²) in [6, 6.07) is 0. The Balaban J connectivity index is -0.0000000331. The lowest BCUT2D eigenvalue weighted by Crippen LogP contribution is -2.19. The largest absolute Gasteiger partial charge is 0.483 e. The number of hydrazine groups is 1. The van der Waals surface area contributed by atoms with Crippen LogP contribution in [0.15, 0.2) is 71.3 Å². The Morgan fingerprint density at radius 1 is 0.252 bits per heavy atom. The minimum absolute atomic E-state index is 0.778. The van der Waals surface area contributed by atoms with Crippen molar-refractivity contribution in [1.29, 1.82) is 0 Å². The molecule has 13 rings (SSSR count). The van der Waals surface area contributed by atoms with Crippen LogP contribution in [-0.2, 0) is 19.1 Å². The van der Waals surface area contributed by atoms with E-state index in [9.17, 15) is 0 Å². The number of hydrogen-bond donors (Lipinski definition) is 4. The Labute approximate surface area is 799 Å². The quantitative estimate of drug-likeness (QED) is 0.166. The highest BCUT2D eigenvalue weighted by atomic mass is 32.2. The molecule has 0 saturated heterocycles. The van der Waals surface area contributed by atoms with Gasteiger partial charge in [0.2, 0.25) is 0 Å². The van der Waals surface area contributed by atoms with Gasteiger partial charge in [-0.15, -0.1) is 23.5 Å². The van der Waals surface area contributed by atoms with Crippen LogP contribution < -0.4 is 21.5 Å². The van der Waals surface area contributed by atoms with Crippen molar-refractivity contribution in [1.82, 2.24) is 21.5 Å². The van der Waals surface area contributed by atoms with Crippen molar-refractivity contribution in [2.45, 2.75) is 450 Å². The molecule has 13 aliphatic rings. The molecule has 0 atom stereocenters. The van der Waals surface area contributed by atoms with Crippen LogP contribution in [0.4, 0.5) is 0 Å². The second-order valence-corrected chi connectivity index (χ2v) is 18.3. The first-order valence-corrected chi connectivity index (χ1v) is 55.0. The number of rotatable bonds is 0. The zero-order chi connectivity index (χ0) is 102. The average Bonchev–Trinajstić information content (AvgIpc) is 2.09. The van der Waals surface area contributed by atoms with Crippen molar-refractivity contribution in [3.63, 3.8) is 0 Å². The lowest BCUT2D eigenvalue weighted by Gasteiger charge is -2.01. The van der Waals surface area contributed by atoms with Crippen molar-refractivity contribution in [3.05, 3.63) is 12.3 Å². The lowest BCUT2D eigenvalue weighted by atomic mass is 10.2. The zero-order valence-electron chi connectivity index (χ0n) is 94.0. The molecule has 0 aromatic rings. The summed E-state index contributed by atoms with van der Waals surface area (Å²) in [5.74, 6) is 4.88. The summed E-state index contributed by atoms with van der Waals surface area (Å²) in [7, 11) is 0. The number of oxime groups is 2. The molecule has 0 saturated carbocycles. The molecule has 0 bridgehead atoms. The summed E-state index contributed by atoms with van der Waals surface area (Å²) in [5, 5.41) is 12.9. The molecule has 4 N–H and O–H groups in total. The van der Waals surface area contributed by atoms with Crippen LogP contribution in [0.3, 0.4) is 0 Å². The molecule has 24 heteroatoms. The van der Waals surface area contributed by atoms with Crippen molar-refractivity contribution >= 4 is 121 Å². The third-order valence-corrected chi connectivity index (χ3v) is 11.4. The molecule has 13 heterocycles. The van der Waals surface area contributed by atoms with E-state index in [1.165, 1.54) is 100 Å². The second kappa shape index (κ2) is 360. The first kappa shape index (κ1) is 191. The monoisotopic (exact) mass is 1850 g/mol. The average molecular weight is 1850 g/mol. The molecular formula is C99H240N16O4S4. The first-order chi connectivity index (χ1) is 61.5. The minimum Gasteiger partial charge on any atom is -0.483 e. The summed E-state index contributed by atoms with van der Waals surface area (Å²) in [5.41, 5.74) is 9.49. The van der Waals surface area contributed by atoms with Crippen molar-refractivity contribution in [2.24, 2.45) is 59.0 Å². The van der Waals surface area contributed by atoms with Crippen LogP contribution in [0.25, 0.3) is 0 Å². The molecule has 0 aromatic heterocycles. The van der Waals surface area contributed by atoms with E-state index in [1.54, 1.807) is 72.5 Å². The molecule has 0 aliphatic carbocycles. The van der Waals surface area contributed by atoms with Crippen LogP contribution in [0.1, 0.15) is 450 Å². The Kier molecular flexibility index (Phi) is 561. The third kappa shape index (κ3) is 354. The van der Waals surface area contributed by atoms with Gasteiger partial charge in [-0.25, -0.2) is 14.2 Å². The Bertz CT molecular complexity index is 1170. The van der Waals surface area contributed by atoms with Gasteiger partial charge < -0.3 is 35.2 Å². The highest BCUT2D eigenvalue weighted by Crippen LogP contribution is 2.09. The number of thioether (sulfide) groups is 2. The molecular weight excluding hydrogens is 1610 g/mol. The standard InChI is InChI=1S/C5H9N.C4H8N2.2C4H7NO.2C4H7NS.C4H7N.2C3H6N2.2C3H5NO.2C3H5NS.26C2H6/c1-2-4-6-5-3-1;2*1-2-5-4-6-3-1;1-2-4-6-5-3-1;1-2-5-4-6-3-1;1-2-4-6-5-3-1;1-2-4-5-3-1;1-2-5-3-4-1;1-2-4-5-3-1;1-2-5-3-4-1;1-2-4-5-3-1;1-2-5-3-4-1;1-2-4-5-3-1;26*1-2/h4H,1-3,5H2;4H,1-3H2,(H,5,6);4H,1-3H2;3H,1-2,4H2;4H,1-3H2;3H,1-2,4H2;3H,1-2,4H2;3H,1-2H2,(H,4,5);1-2,4-5H,3H2;3H,1-2H2;2H,1,3H2;3H,1-2H2;2H,1,3H2;26*1-2H3. The highest BCUT2D eigenvalue weighted by molar-refractivity contribution is 8.12. The molecule has 13 aliphatic heterocycles. The van der Waals surface area contributed by atoms with E-state index in [0.29, 0.717) is 0 Å². The zero-order valence-corrected chi connectivity index (χ0v) is 97.3. The molecule has 0 fully saturated rings. The van der Waals surface area contributed by atoms with Gasteiger partial charge in [-0.1, -0.05) is 376 Å². The van der Waals surface area contributed by atoms with Gasteiger partial charge in [-0.3, -0.25) is 39.9 Å². The van der Waals surface area contributed by atoms with Crippen LogP contribution in [0.5, 0.6) is 0 Å². The second-order valence-electron chi connectivity index (χ2n) is 14.7. The van der Waals surface area contributed by atoms with Gasteiger partial charge in [0.05, 0.1) is 43.5 Å². The predicted molar refractivity (Wildman–Crippen MR) is 610 cm³/mol. The Morgan fingerprint density at radius 2 is 0.634 bits per heavy atom. The number of aliphatic imine (C=N–C) groups is 8. The fraction of sp³-hybridized carbons (Fsp3) is 0.859. The number of nitrogens with zero attached hydrogens (tertiary/aromatic N) is 12. The van der Waals surface area contributed by atoms with Crippen LogP contribution in [-0.4, -0.2) is 195 Å². The predicted octanol–water partition coefficient (Wildman–Crippen LogP) is 34.2. The molecule has 0 radical (unpaired) electrons. The molecule has 0 amide bonds. The lowest BCUT2D eigenvalue weighted by molar-refractivity contribution is 0.134. The van der Waals surface area contributed by atoms with E-state index < -0.39 is 0 Å². The van der Waals surface area contributed by atoms with Crippen LogP contribution in [0.2, 0.25) is 0 Å². The summed E-state index contributed by atoms with van der Waals surface area (Å²) in [6.07, 6.45) is 38.6. The summed E-state index contributed by atoms with van der Waals surface area (Å²) in [6.45, 7) is 118. The highest BCUT2D eigenvalue weighted by Gasteiger charge is 1.93. The number of nitrogens with one attached hydrogen (secondary N) is 4. The SMILES string of the molecule is C1=CNNC1.C1=NCCC1.C1=NCCCC1.C1=NCCCN1.C1=NCCCO1.C1=NCCCS1.C1=NCCN1.C1=NCCO1.C1=NCCS1.C1=NOCC1.C1=NOCCC1.C1=NSCC1.C1=NSCCC1.CC.CC.CC.CC.CC.CC.CC.CC.CC.CC.CC.CC.CC.CC.CC.CC.CC.CC.CC.CC.CC.CC.CC.CC.CC.CC. The first-order valence-electron chi connectivity index (χ1n) is 51.0. The Hall–Kier alpha value is -4.26. The molecule has 123 heavy (non-hydrogen) atoms. The van der Waals surface area contributed by atoms with Gasteiger partial charge >= 0.3 is 0 Å². The normalized spacial score (nSPS) is 13.0. The summed E-state index contributed by atoms with van der Waals surface area (Å²) >= 11 is 6.89. The summed E-state index contributed by atoms with van der Waals surface area (Å²) < 4.78 is 17.3. The maximum absolute atomic E-state index is 4.78. The molecule has 0 unspecified atom stereocenters. The molecule has 0 spiro atoms. The van der Waals surface area contributed by atoms with Gasteiger partial charge in [0.25, 0.3) is 0 Å². The molecule has 20 nitrogen and oxygen atoms in total. The number of hydrogen-bond acceptors (Lipinski definition) is 24. The third-order valence-electron chi connectivity index (χ3n) is 8.41. The Morgan fingerprint density at radius 3 is 0.740 bits per heavy atom. The van der Waals surface area contributed by atoms with Crippen LogP contribution >= 0.6 is 47.4 Å². The van der Waals surface area contributed by atoms with E-state index in [-0.39, 0.29) is 0 Å². The van der Waals surface area contributed by atoms with Gasteiger partial charge in [0.1, 0.15) is 19.8 Å². The minimum atomic E-state index is 0.778. The topological polar surface area (TPSA) is 233 Å². The van der Waals surface area contributed by atoms with E-state index in [1.807, 2.05) is 408 Å². The van der Waals surface area contributed by atoms with Gasteiger partial charge in [0.15, 0.2) is 12.8 Å². The van der Waals surface area contributed by atoms with Crippen molar-refractivity contribution in [3.8, 4) is 0 Å². The smallest absolute Gasteiger partial charge is 0.169 e. The van der Waals surface area contributed by atoms with Gasteiger partial charge in [0, 0.05) is 126 Å². The van der Waals surface area contributed by atoms with E-state index >= 15 is 0 Å². The maximum atomic E-state index is 4.78. The number of ether oxygens (including phenoxy) is 2.